The molecule has 0 amide bonds. The molecule has 2 unspecified atom stereocenters. The van der Waals surface area contributed by atoms with E-state index in [1.807, 2.05) is 26.8 Å². The molecule has 7 rings (SSSR count). The highest BCUT2D eigenvalue weighted by Crippen LogP contribution is 2.83. The Morgan fingerprint density at radius 3 is 2.53 bits per heavy atom. The lowest BCUT2D eigenvalue weighted by Gasteiger charge is -2.68. The summed E-state index contributed by atoms with van der Waals surface area (Å²) in [6, 6.07) is 1.85. The first-order valence-corrected chi connectivity index (χ1v) is 15.3. The number of fused-ring (bicyclic) bond motifs is 2. The molecule has 2 saturated heterocycles. The number of rotatable bonds is 5. The maximum atomic E-state index is 15.3. The van der Waals surface area contributed by atoms with Crippen LogP contribution in [0.4, 0.5) is 0 Å². The van der Waals surface area contributed by atoms with Crippen molar-refractivity contribution in [1.29, 1.82) is 0 Å². The van der Waals surface area contributed by atoms with E-state index in [1.54, 1.807) is 39.4 Å². The molecule has 1 spiro atoms. The van der Waals surface area contributed by atoms with Crippen LogP contribution in [0.15, 0.2) is 35.2 Å². The highest BCUT2D eigenvalue weighted by atomic mass is 16.7. The molecule has 0 bridgehead atoms. The lowest BCUT2D eigenvalue weighted by molar-refractivity contribution is -0.300. The predicted molar refractivity (Wildman–Crippen MR) is 148 cm³/mol. The number of carbonyl (C=O) groups is 4. The summed E-state index contributed by atoms with van der Waals surface area (Å²) in [5, 5.41) is 12.6. The van der Waals surface area contributed by atoms with Gasteiger partial charge in [0.2, 0.25) is 5.78 Å². The van der Waals surface area contributed by atoms with E-state index in [-0.39, 0.29) is 18.3 Å². The van der Waals surface area contributed by atoms with E-state index in [0.717, 1.165) is 5.56 Å². The summed E-state index contributed by atoms with van der Waals surface area (Å²) in [6.45, 7) is 12.1. The van der Waals surface area contributed by atoms with Gasteiger partial charge in [-0.25, -0.2) is 0 Å². The normalized spacial score (nSPS) is 51.2. The first kappa shape index (κ1) is 28.9. The molecule has 3 heterocycles. The van der Waals surface area contributed by atoms with Gasteiger partial charge < -0.3 is 28.5 Å². The van der Waals surface area contributed by atoms with Crippen molar-refractivity contribution in [3.05, 3.63) is 36.3 Å². The Hall–Kier alpha value is -2.82. The van der Waals surface area contributed by atoms with E-state index < -0.39 is 86.8 Å². The molecule has 5 fully saturated rings. The van der Waals surface area contributed by atoms with E-state index >= 15 is 4.79 Å². The number of ketones is 2. The van der Waals surface area contributed by atoms with Crippen molar-refractivity contribution < 1.29 is 47.6 Å². The molecule has 1 N–H and O–H groups in total. The van der Waals surface area contributed by atoms with Crippen LogP contribution >= 0.6 is 0 Å². The van der Waals surface area contributed by atoms with E-state index in [1.165, 1.54) is 13.0 Å². The number of carbonyl (C=O) groups excluding carboxylic acids is 4. The summed E-state index contributed by atoms with van der Waals surface area (Å²) in [7, 11) is 0. The summed E-state index contributed by atoms with van der Waals surface area (Å²) in [6.07, 6.45) is 4.70. The van der Waals surface area contributed by atoms with Crippen LogP contribution in [0.25, 0.3) is 0 Å². The summed E-state index contributed by atoms with van der Waals surface area (Å²) in [5.74, 6) is -6.48. The fraction of sp³-hybridized carbons (Fsp3) is 0.697. The minimum Gasteiger partial charge on any atom is -0.472 e. The topological polar surface area (TPSA) is 142 Å². The van der Waals surface area contributed by atoms with E-state index in [2.05, 4.69) is 0 Å². The summed E-state index contributed by atoms with van der Waals surface area (Å²) >= 11 is 0. The van der Waals surface area contributed by atoms with Gasteiger partial charge in [-0.05, 0) is 44.4 Å². The molecule has 4 aliphatic carbocycles. The lowest BCUT2D eigenvalue weighted by Crippen LogP contribution is -2.81. The molecule has 3 saturated carbocycles. The van der Waals surface area contributed by atoms with Gasteiger partial charge in [0.05, 0.1) is 54.0 Å². The maximum absolute atomic E-state index is 15.3. The third kappa shape index (κ3) is 2.96. The lowest BCUT2D eigenvalue weighted by atomic mass is 9.35. The van der Waals surface area contributed by atoms with Crippen LogP contribution in [0, 0.1) is 39.4 Å². The van der Waals surface area contributed by atoms with Crippen molar-refractivity contribution in [1.82, 2.24) is 0 Å². The Morgan fingerprint density at radius 2 is 1.91 bits per heavy atom. The number of allylic oxidation sites excluding steroid dienone is 2. The fourth-order valence-electron chi connectivity index (χ4n) is 10.9. The molecule has 6 aliphatic rings. The average Bonchev–Trinajstić information content (AvgIpc) is 3.21. The zero-order valence-electron chi connectivity index (χ0n) is 25.7. The standard InChI is InChI=1S/C33H40O10/c1-8-16(2)25(37)41-24-22(36)23-28(4)11-9-20(35)29(5)15-40-32(26(28)29,42-17(3)34)27(38)31(23,7)33-21(43-33)13-19(30(24,33)6)18-10-12-39-14-18/h9-12,14,16,19,21-24,26,36H,8,13,15H2,1-7H3/t16-,19-,21+,22+,23?,24-,26+,28+,29-,30+,31-,32+,33?/m0/s1. The minimum absolute atomic E-state index is 0.132. The Labute approximate surface area is 250 Å². The largest absolute Gasteiger partial charge is 0.472 e. The van der Waals surface area contributed by atoms with Gasteiger partial charge in [0, 0.05) is 29.6 Å². The molecule has 13 atom stereocenters. The van der Waals surface area contributed by atoms with Crippen LogP contribution in [0.2, 0.25) is 0 Å². The van der Waals surface area contributed by atoms with Gasteiger partial charge in [0.1, 0.15) is 11.7 Å². The van der Waals surface area contributed by atoms with E-state index in [4.69, 9.17) is 23.4 Å². The van der Waals surface area contributed by atoms with E-state index in [9.17, 15) is 19.5 Å². The number of aliphatic hydroxyl groups is 1. The zero-order valence-corrected chi connectivity index (χ0v) is 25.7. The minimum atomic E-state index is -2.07. The Kier molecular flexibility index (Phi) is 5.69. The fourth-order valence-corrected chi connectivity index (χ4v) is 10.9. The first-order valence-electron chi connectivity index (χ1n) is 15.3. The SMILES string of the molecule is CC[C@H](C)C(=O)O[C@H]1[C@H](O)C2[C@@]3(C)C=CC(=O)[C@]4(C)CO[C@](OC(C)=O)(C(=O)[C@@]2(C)C25O[C@@H]2C[C@@H](c2ccoc2)[C@]15C)[C@@H]43. The Morgan fingerprint density at radius 1 is 1.19 bits per heavy atom. The second kappa shape index (κ2) is 8.46. The maximum Gasteiger partial charge on any atom is 0.309 e. The number of esters is 2. The van der Waals surface area contributed by atoms with Crippen LogP contribution in [-0.2, 0) is 38.1 Å². The summed E-state index contributed by atoms with van der Waals surface area (Å²) < 4.78 is 30.6. The number of aliphatic hydroxyl groups excluding tert-OH is 1. The molecule has 0 aromatic carbocycles. The van der Waals surface area contributed by atoms with Gasteiger partial charge in [-0.3, -0.25) is 19.2 Å². The summed E-state index contributed by atoms with van der Waals surface area (Å²) in [4.78, 5) is 54.9. The second-order valence-electron chi connectivity index (χ2n) is 14.6. The van der Waals surface area contributed by atoms with Crippen molar-refractivity contribution in [2.75, 3.05) is 6.61 Å². The number of epoxide rings is 1. The molecule has 10 nitrogen and oxygen atoms in total. The van der Waals surface area contributed by atoms with Crippen LogP contribution in [0.1, 0.15) is 72.8 Å². The molecule has 1 aromatic heterocycles. The van der Waals surface area contributed by atoms with Gasteiger partial charge in [-0.2, -0.15) is 0 Å². The number of hydrogen-bond donors (Lipinski definition) is 1. The van der Waals surface area contributed by atoms with Crippen molar-refractivity contribution in [2.45, 2.75) is 96.9 Å². The highest BCUT2D eigenvalue weighted by Gasteiger charge is 2.94. The van der Waals surface area contributed by atoms with Crippen molar-refractivity contribution >= 4 is 23.5 Å². The highest BCUT2D eigenvalue weighted by molar-refractivity contribution is 6.02. The Balaban J connectivity index is 1.50. The smallest absolute Gasteiger partial charge is 0.309 e. The van der Waals surface area contributed by atoms with Crippen molar-refractivity contribution in [3.63, 3.8) is 0 Å². The van der Waals surface area contributed by atoms with Crippen LogP contribution in [-0.4, -0.2) is 64.9 Å². The number of furan rings is 1. The van der Waals surface area contributed by atoms with Crippen LogP contribution in [0.3, 0.4) is 0 Å². The monoisotopic (exact) mass is 596 g/mol. The van der Waals surface area contributed by atoms with Gasteiger partial charge in [0.15, 0.2) is 5.78 Å². The molecular formula is C33H40O10. The second-order valence-corrected chi connectivity index (χ2v) is 14.6. The quantitative estimate of drug-likeness (QED) is 0.396. The van der Waals surface area contributed by atoms with Gasteiger partial charge in [0.25, 0.3) is 5.79 Å². The van der Waals surface area contributed by atoms with E-state index in [0.29, 0.717) is 12.8 Å². The van der Waals surface area contributed by atoms with Gasteiger partial charge in [-0.15, -0.1) is 0 Å². The molecule has 2 aliphatic heterocycles. The molecule has 1 aromatic rings. The number of hydrogen-bond acceptors (Lipinski definition) is 10. The third-order valence-electron chi connectivity index (χ3n) is 12.7. The van der Waals surface area contributed by atoms with Gasteiger partial charge >= 0.3 is 11.9 Å². The van der Waals surface area contributed by atoms with Crippen LogP contribution < -0.4 is 0 Å². The third-order valence-corrected chi connectivity index (χ3v) is 12.7. The van der Waals surface area contributed by atoms with Crippen molar-refractivity contribution in [3.8, 4) is 0 Å². The number of Topliss-reactive ketones (excluding diaryl/α,β-unsaturated/α-hetero) is 1. The molecular weight excluding hydrogens is 556 g/mol. The predicted octanol–water partition coefficient (Wildman–Crippen LogP) is 3.51. The Bertz CT molecular complexity index is 1470. The first-order chi connectivity index (χ1) is 20.1. The molecule has 0 radical (unpaired) electrons. The molecule has 232 valence electrons. The summed E-state index contributed by atoms with van der Waals surface area (Å²) in [5.41, 5.74) is -5.20. The van der Waals surface area contributed by atoms with Crippen LogP contribution in [0.5, 0.6) is 0 Å². The zero-order chi connectivity index (χ0) is 31.1. The number of ether oxygens (including phenoxy) is 4. The van der Waals surface area contributed by atoms with Crippen molar-refractivity contribution in [2.24, 2.45) is 39.4 Å². The molecule has 43 heavy (non-hydrogen) atoms. The van der Waals surface area contributed by atoms with Gasteiger partial charge in [-0.1, -0.05) is 33.8 Å². The average molecular weight is 597 g/mol. The molecule has 10 heteroatoms.